The minimum atomic E-state index is -0.358. The summed E-state index contributed by atoms with van der Waals surface area (Å²) in [7, 11) is 0. The molecule has 0 unspecified atom stereocenters. The standard InChI is InChI=1S/C31H25NO2/c33-31(27-15-8-3-9-16-27)34-28-20-19-26-17-10-18-30(29(26)21-28)32(22-24-11-4-1-5-12-24)23-25-13-6-2-7-14-25/h1-21H,22-23H2. The van der Waals surface area contributed by atoms with Gasteiger partial charge in [0.15, 0.2) is 0 Å². The van der Waals surface area contributed by atoms with Crippen molar-refractivity contribution in [2.75, 3.05) is 4.90 Å². The number of carbonyl (C=O) groups excluding carboxylic acids is 1. The fraction of sp³-hybridized carbons (Fsp3) is 0.0645. The zero-order valence-electron chi connectivity index (χ0n) is 18.8. The molecule has 0 aromatic heterocycles. The van der Waals surface area contributed by atoms with E-state index >= 15 is 0 Å². The van der Waals surface area contributed by atoms with Crippen LogP contribution in [0.2, 0.25) is 0 Å². The van der Waals surface area contributed by atoms with Gasteiger partial charge in [-0.2, -0.15) is 0 Å². The van der Waals surface area contributed by atoms with Crippen LogP contribution in [0.1, 0.15) is 21.5 Å². The molecule has 0 bridgehead atoms. The van der Waals surface area contributed by atoms with Crippen LogP contribution in [0.15, 0.2) is 127 Å². The average Bonchev–Trinajstić information content (AvgIpc) is 2.90. The molecule has 0 aliphatic carbocycles. The summed E-state index contributed by atoms with van der Waals surface area (Å²) < 4.78 is 5.72. The molecule has 166 valence electrons. The molecule has 0 fully saturated rings. The molecule has 0 spiro atoms. The summed E-state index contributed by atoms with van der Waals surface area (Å²) in [6.07, 6.45) is 0. The Morgan fingerprint density at radius 3 is 1.82 bits per heavy atom. The third-order valence-electron chi connectivity index (χ3n) is 5.82. The lowest BCUT2D eigenvalue weighted by Gasteiger charge is -2.27. The first-order valence-corrected chi connectivity index (χ1v) is 11.4. The Kier molecular flexibility index (Phi) is 6.35. The highest BCUT2D eigenvalue weighted by atomic mass is 16.5. The van der Waals surface area contributed by atoms with Gasteiger partial charge in [0.1, 0.15) is 5.75 Å². The van der Waals surface area contributed by atoms with Crippen molar-refractivity contribution in [3.63, 3.8) is 0 Å². The zero-order chi connectivity index (χ0) is 23.2. The number of hydrogen-bond donors (Lipinski definition) is 0. The fourth-order valence-corrected chi connectivity index (χ4v) is 4.15. The predicted molar refractivity (Wildman–Crippen MR) is 138 cm³/mol. The molecule has 3 heteroatoms. The minimum Gasteiger partial charge on any atom is -0.423 e. The van der Waals surface area contributed by atoms with Gasteiger partial charge >= 0.3 is 5.97 Å². The molecule has 0 aliphatic rings. The van der Waals surface area contributed by atoms with E-state index in [4.69, 9.17) is 4.74 Å². The van der Waals surface area contributed by atoms with Gasteiger partial charge in [0.25, 0.3) is 0 Å². The Bertz CT molecular complexity index is 1340. The van der Waals surface area contributed by atoms with Gasteiger partial charge < -0.3 is 9.64 Å². The third-order valence-corrected chi connectivity index (χ3v) is 5.82. The van der Waals surface area contributed by atoms with Crippen LogP contribution in [0.25, 0.3) is 10.8 Å². The van der Waals surface area contributed by atoms with Gasteiger partial charge in [0.2, 0.25) is 0 Å². The summed E-state index contributed by atoms with van der Waals surface area (Å²) in [6.45, 7) is 1.53. The first-order chi connectivity index (χ1) is 16.8. The first-order valence-electron chi connectivity index (χ1n) is 11.4. The van der Waals surface area contributed by atoms with Gasteiger partial charge in [-0.3, -0.25) is 0 Å². The lowest BCUT2D eigenvalue weighted by molar-refractivity contribution is 0.0735. The number of hydrogen-bond acceptors (Lipinski definition) is 3. The Morgan fingerprint density at radius 2 is 1.21 bits per heavy atom. The summed E-state index contributed by atoms with van der Waals surface area (Å²) >= 11 is 0. The van der Waals surface area contributed by atoms with Crippen molar-refractivity contribution in [1.82, 2.24) is 0 Å². The lowest BCUT2D eigenvalue weighted by atomic mass is 10.1. The maximum Gasteiger partial charge on any atom is 0.343 e. The Morgan fingerprint density at radius 1 is 0.618 bits per heavy atom. The van der Waals surface area contributed by atoms with Crippen molar-refractivity contribution in [2.45, 2.75) is 13.1 Å². The predicted octanol–water partition coefficient (Wildman–Crippen LogP) is 7.27. The van der Waals surface area contributed by atoms with Crippen molar-refractivity contribution in [3.8, 4) is 5.75 Å². The molecule has 0 radical (unpaired) electrons. The minimum absolute atomic E-state index is 0.358. The number of benzene rings is 5. The maximum atomic E-state index is 12.6. The highest BCUT2D eigenvalue weighted by Gasteiger charge is 2.14. The van der Waals surface area contributed by atoms with Gasteiger partial charge in [-0.05, 0) is 46.8 Å². The molecule has 0 saturated heterocycles. The zero-order valence-corrected chi connectivity index (χ0v) is 18.8. The third kappa shape index (κ3) is 5.00. The summed E-state index contributed by atoms with van der Waals surface area (Å²) in [5.41, 5.74) is 4.11. The van der Waals surface area contributed by atoms with Gasteiger partial charge in [-0.25, -0.2) is 4.79 Å². The first kappa shape index (κ1) is 21.5. The highest BCUT2D eigenvalue weighted by molar-refractivity contribution is 5.96. The van der Waals surface area contributed by atoms with E-state index < -0.39 is 0 Å². The van der Waals surface area contributed by atoms with Crippen LogP contribution in [0.3, 0.4) is 0 Å². The second-order valence-corrected chi connectivity index (χ2v) is 8.24. The Hall–Kier alpha value is -4.37. The highest BCUT2D eigenvalue weighted by Crippen LogP contribution is 2.32. The van der Waals surface area contributed by atoms with Crippen LogP contribution >= 0.6 is 0 Å². The van der Waals surface area contributed by atoms with Gasteiger partial charge in [-0.1, -0.05) is 97.1 Å². The maximum absolute atomic E-state index is 12.6. The number of nitrogens with zero attached hydrogens (tertiary/aromatic N) is 1. The van der Waals surface area contributed by atoms with Crippen LogP contribution in [-0.2, 0) is 13.1 Å². The van der Waals surface area contributed by atoms with Crippen molar-refractivity contribution in [2.24, 2.45) is 0 Å². The summed E-state index contributed by atoms with van der Waals surface area (Å²) in [4.78, 5) is 15.0. The van der Waals surface area contributed by atoms with E-state index in [0.29, 0.717) is 11.3 Å². The number of rotatable bonds is 7. The second kappa shape index (κ2) is 10.1. The normalized spacial score (nSPS) is 10.7. The van der Waals surface area contributed by atoms with E-state index in [0.717, 1.165) is 29.5 Å². The van der Waals surface area contributed by atoms with Gasteiger partial charge in [0, 0.05) is 24.2 Å². The van der Waals surface area contributed by atoms with Crippen LogP contribution in [0, 0.1) is 0 Å². The largest absolute Gasteiger partial charge is 0.423 e. The number of anilines is 1. The summed E-state index contributed by atoms with van der Waals surface area (Å²) in [5.74, 6) is 0.177. The molecule has 34 heavy (non-hydrogen) atoms. The van der Waals surface area contributed by atoms with Crippen LogP contribution in [0.4, 0.5) is 5.69 Å². The Balaban J connectivity index is 1.52. The van der Waals surface area contributed by atoms with E-state index in [1.807, 2.05) is 48.5 Å². The van der Waals surface area contributed by atoms with Gasteiger partial charge in [0.05, 0.1) is 5.56 Å². The Labute approximate surface area is 199 Å². The van der Waals surface area contributed by atoms with Crippen molar-refractivity contribution in [1.29, 1.82) is 0 Å². The molecule has 0 saturated carbocycles. The molecular formula is C31H25NO2. The molecule has 3 nitrogen and oxygen atoms in total. The number of carbonyl (C=O) groups is 1. The van der Waals surface area contributed by atoms with Crippen molar-refractivity contribution >= 4 is 22.4 Å². The smallest absolute Gasteiger partial charge is 0.343 e. The molecule has 0 aliphatic heterocycles. The van der Waals surface area contributed by atoms with Crippen LogP contribution in [-0.4, -0.2) is 5.97 Å². The van der Waals surface area contributed by atoms with E-state index in [1.54, 1.807) is 12.1 Å². The monoisotopic (exact) mass is 443 g/mol. The second-order valence-electron chi connectivity index (χ2n) is 8.24. The number of esters is 1. The average molecular weight is 444 g/mol. The number of ether oxygens (including phenoxy) is 1. The molecule has 0 N–H and O–H groups in total. The number of fused-ring (bicyclic) bond motifs is 1. The van der Waals surface area contributed by atoms with E-state index in [-0.39, 0.29) is 5.97 Å². The SMILES string of the molecule is O=C(Oc1ccc2cccc(N(Cc3ccccc3)Cc3ccccc3)c2c1)c1ccccc1. The van der Waals surface area contributed by atoms with E-state index in [9.17, 15) is 4.79 Å². The molecule has 0 atom stereocenters. The fourth-order valence-electron chi connectivity index (χ4n) is 4.15. The quantitative estimate of drug-likeness (QED) is 0.196. The molecular weight excluding hydrogens is 418 g/mol. The van der Waals surface area contributed by atoms with Crippen LogP contribution in [0.5, 0.6) is 5.75 Å². The molecule has 5 rings (SSSR count). The summed E-state index contributed by atoms with van der Waals surface area (Å²) in [5, 5.41) is 2.15. The van der Waals surface area contributed by atoms with Crippen molar-refractivity contribution in [3.05, 3.63) is 144 Å². The lowest BCUT2D eigenvalue weighted by Crippen LogP contribution is -2.22. The molecule has 0 amide bonds. The van der Waals surface area contributed by atoms with E-state index in [1.165, 1.54) is 11.1 Å². The molecule has 0 heterocycles. The molecule has 5 aromatic carbocycles. The molecule has 5 aromatic rings. The van der Waals surface area contributed by atoms with Crippen LogP contribution < -0.4 is 9.64 Å². The van der Waals surface area contributed by atoms with Gasteiger partial charge in [-0.15, -0.1) is 0 Å². The summed E-state index contributed by atoms with van der Waals surface area (Å²) in [6, 6.07) is 42.2. The van der Waals surface area contributed by atoms with E-state index in [2.05, 4.69) is 71.6 Å². The topological polar surface area (TPSA) is 29.5 Å². The van der Waals surface area contributed by atoms with Crippen molar-refractivity contribution < 1.29 is 9.53 Å².